The Kier molecular flexibility index (Phi) is 9.99. The van der Waals surface area contributed by atoms with Crippen molar-refractivity contribution in [3.8, 4) is 0 Å². The van der Waals surface area contributed by atoms with Crippen LogP contribution in [0.2, 0.25) is 0 Å². The van der Waals surface area contributed by atoms with Gasteiger partial charge < -0.3 is 24.1 Å². The van der Waals surface area contributed by atoms with E-state index in [-0.39, 0.29) is 24.9 Å². The highest BCUT2D eigenvalue weighted by Gasteiger charge is 2.43. The second kappa shape index (κ2) is 11.2. The summed E-state index contributed by atoms with van der Waals surface area (Å²) in [4.78, 5) is 0. The van der Waals surface area contributed by atoms with Gasteiger partial charge in [0.05, 0.1) is 13.2 Å². The second-order valence-electron chi connectivity index (χ2n) is 6.37. The number of unbranched alkanes of at least 4 members (excludes halogenated alkanes) is 2. The Labute approximate surface area is 140 Å². The van der Waals surface area contributed by atoms with Crippen LogP contribution in [0.3, 0.4) is 0 Å². The van der Waals surface area contributed by atoms with Crippen LogP contribution in [-0.2, 0) is 18.9 Å². The number of hydrogen-bond acceptors (Lipinski definition) is 5. The summed E-state index contributed by atoms with van der Waals surface area (Å²) in [6.07, 6.45) is 7.13. The third-order valence-electron chi connectivity index (χ3n) is 3.71. The molecule has 1 heterocycles. The topological polar surface area (TPSA) is 57.2 Å². The second-order valence-corrected chi connectivity index (χ2v) is 6.37. The molecule has 0 aliphatic carbocycles. The average molecular weight is 330 g/mol. The summed E-state index contributed by atoms with van der Waals surface area (Å²) in [5.74, 6) is -0.701. The summed E-state index contributed by atoms with van der Waals surface area (Å²) in [6.45, 7) is 9.95. The lowest BCUT2D eigenvalue weighted by Gasteiger charge is -2.44. The van der Waals surface area contributed by atoms with E-state index >= 15 is 0 Å². The number of aliphatic hydroxyl groups excluding tert-OH is 1. The molecule has 136 valence electrons. The lowest BCUT2D eigenvalue weighted by Crippen LogP contribution is -2.56. The van der Waals surface area contributed by atoms with Gasteiger partial charge in [-0.05, 0) is 26.7 Å². The molecule has 1 aliphatic heterocycles. The van der Waals surface area contributed by atoms with E-state index in [2.05, 4.69) is 13.8 Å². The van der Waals surface area contributed by atoms with Gasteiger partial charge in [0.2, 0.25) is 0 Å². The monoisotopic (exact) mass is 330 g/mol. The Bertz CT molecular complexity index is 329. The Morgan fingerprint density at radius 1 is 1.09 bits per heavy atom. The summed E-state index contributed by atoms with van der Waals surface area (Å²) in [6, 6.07) is 0. The zero-order valence-corrected chi connectivity index (χ0v) is 15.1. The van der Waals surface area contributed by atoms with Crippen molar-refractivity contribution in [2.45, 2.75) is 77.5 Å². The number of rotatable bonds is 11. The van der Waals surface area contributed by atoms with E-state index < -0.39 is 5.79 Å². The SMILES string of the molecule is CCCCOC[C@H]1OC(C)(C)O[C@@H](/C=C\CO)[C@@H]1OCCCC. The Balaban J connectivity index is 2.73. The molecule has 1 fully saturated rings. The normalized spacial score (nSPS) is 27.6. The molecule has 0 radical (unpaired) electrons. The van der Waals surface area contributed by atoms with E-state index in [1.54, 1.807) is 6.08 Å². The third kappa shape index (κ3) is 7.77. The standard InChI is InChI=1S/C18H34O5/c1-5-7-12-20-14-16-17(21-13-8-6-2)15(10-9-11-19)22-18(3,4)23-16/h9-10,15-17,19H,5-8,11-14H2,1-4H3/b10-9-/t15-,16+,17-/m0/s1. The molecule has 5 nitrogen and oxygen atoms in total. The van der Waals surface area contributed by atoms with Gasteiger partial charge in [0.15, 0.2) is 5.79 Å². The maximum Gasteiger partial charge on any atom is 0.164 e. The highest BCUT2D eigenvalue weighted by atomic mass is 16.7. The number of hydrogen-bond donors (Lipinski definition) is 1. The number of aliphatic hydroxyl groups is 1. The molecule has 0 amide bonds. The average Bonchev–Trinajstić information content (AvgIpc) is 2.51. The van der Waals surface area contributed by atoms with Gasteiger partial charge in [-0.1, -0.05) is 38.8 Å². The summed E-state index contributed by atoms with van der Waals surface area (Å²) in [7, 11) is 0. The van der Waals surface area contributed by atoms with Crippen molar-refractivity contribution in [1.29, 1.82) is 0 Å². The summed E-state index contributed by atoms with van der Waals surface area (Å²) < 4.78 is 23.8. The molecule has 1 aliphatic rings. The van der Waals surface area contributed by atoms with Gasteiger partial charge in [0.1, 0.15) is 18.3 Å². The van der Waals surface area contributed by atoms with Gasteiger partial charge >= 0.3 is 0 Å². The van der Waals surface area contributed by atoms with Gasteiger partial charge in [-0.25, -0.2) is 0 Å². The maximum atomic E-state index is 9.05. The molecule has 0 bridgehead atoms. The third-order valence-corrected chi connectivity index (χ3v) is 3.71. The molecule has 1 N–H and O–H groups in total. The zero-order valence-electron chi connectivity index (χ0n) is 15.1. The fourth-order valence-corrected chi connectivity index (χ4v) is 2.55. The first kappa shape index (κ1) is 20.6. The highest BCUT2D eigenvalue weighted by molar-refractivity contribution is 5.00. The minimum atomic E-state index is -0.701. The first-order valence-corrected chi connectivity index (χ1v) is 8.86. The van der Waals surface area contributed by atoms with Gasteiger partial charge in [0, 0.05) is 13.2 Å². The molecule has 0 aromatic rings. The first-order valence-electron chi connectivity index (χ1n) is 8.86. The fourth-order valence-electron chi connectivity index (χ4n) is 2.55. The molecule has 5 heteroatoms. The maximum absolute atomic E-state index is 9.05. The minimum Gasteiger partial charge on any atom is -0.392 e. The molecule has 1 rings (SSSR count). The smallest absolute Gasteiger partial charge is 0.164 e. The molecule has 0 aromatic heterocycles. The van der Waals surface area contributed by atoms with Crippen LogP contribution in [0.5, 0.6) is 0 Å². The summed E-state index contributed by atoms with van der Waals surface area (Å²) >= 11 is 0. The van der Waals surface area contributed by atoms with Gasteiger partial charge in [0.25, 0.3) is 0 Å². The van der Waals surface area contributed by atoms with Crippen molar-refractivity contribution in [2.75, 3.05) is 26.4 Å². The first-order chi connectivity index (χ1) is 11.0. The Hall–Kier alpha value is -0.460. The van der Waals surface area contributed by atoms with Crippen molar-refractivity contribution >= 4 is 0 Å². The van der Waals surface area contributed by atoms with E-state index in [0.717, 1.165) is 32.3 Å². The summed E-state index contributed by atoms with van der Waals surface area (Å²) in [5.41, 5.74) is 0. The van der Waals surface area contributed by atoms with E-state index in [1.165, 1.54) is 0 Å². The van der Waals surface area contributed by atoms with Crippen LogP contribution in [0.15, 0.2) is 12.2 Å². The fraction of sp³-hybridized carbons (Fsp3) is 0.889. The molecular weight excluding hydrogens is 296 g/mol. The molecule has 3 atom stereocenters. The Morgan fingerprint density at radius 2 is 1.78 bits per heavy atom. The van der Waals surface area contributed by atoms with Crippen LogP contribution in [0.25, 0.3) is 0 Å². The van der Waals surface area contributed by atoms with Crippen LogP contribution in [0, 0.1) is 0 Å². The summed E-state index contributed by atoms with van der Waals surface area (Å²) in [5, 5.41) is 9.05. The van der Waals surface area contributed by atoms with Crippen molar-refractivity contribution in [2.24, 2.45) is 0 Å². The molecule has 0 spiro atoms. The predicted molar refractivity (Wildman–Crippen MR) is 90.4 cm³/mol. The van der Waals surface area contributed by atoms with E-state index in [0.29, 0.717) is 13.2 Å². The van der Waals surface area contributed by atoms with Crippen LogP contribution < -0.4 is 0 Å². The minimum absolute atomic E-state index is 0.0134. The van der Waals surface area contributed by atoms with Gasteiger partial charge in [-0.3, -0.25) is 0 Å². The van der Waals surface area contributed by atoms with E-state index in [1.807, 2.05) is 19.9 Å². The Morgan fingerprint density at radius 3 is 2.43 bits per heavy atom. The van der Waals surface area contributed by atoms with Crippen molar-refractivity contribution in [3.63, 3.8) is 0 Å². The van der Waals surface area contributed by atoms with Crippen molar-refractivity contribution in [1.82, 2.24) is 0 Å². The lowest BCUT2D eigenvalue weighted by atomic mass is 10.0. The van der Waals surface area contributed by atoms with Crippen LogP contribution in [-0.4, -0.2) is 55.6 Å². The molecule has 0 saturated carbocycles. The lowest BCUT2D eigenvalue weighted by molar-refractivity contribution is -0.334. The molecule has 0 unspecified atom stereocenters. The zero-order chi connectivity index (χ0) is 17.1. The molecular formula is C18H34O5. The largest absolute Gasteiger partial charge is 0.392 e. The molecule has 23 heavy (non-hydrogen) atoms. The highest BCUT2D eigenvalue weighted by Crippen LogP contribution is 2.30. The van der Waals surface area contributed by atoms with Crippen molar-refractivity contribution < 1.29 is 24.1 Å². The quantitative estimate of drug-likeness (QED) is 0.466. The molecule has 0 aromatic carbocycles. The van der Waals surface area contributed by atoms with E-state index in [4.69, 9.17) is 24.1 Å². The van der Waals surface area contributed by atoms with Crippen molar-refractivity contribution in [3.05, 3.63) is 12.2 Å². The van der Waals surface area contributed by atoms with Crippen LogP contribution >= 0.6 is 0 Å². The van der Waals surface area contributed by atoms with Gasteiger partial charge in [-0.15, -0.1) is 0 Å². The van der Waals surface area contributed by atoms with Crippen LogP contribution in [0.1, 0.15) is 53.4 Å². The van der Waals surface area contributed by atoms with Gasteiger partial charge in [-0.2, -0.15) is 0 Å². The van der Waals surface area contributed by atoms with Crippen LogP contribution in [0.4, 0.5) is 0 Å². The molecule has 1 saturated heterocycles. The number of ether oxygens (including phenoxy) is 4. The van der Waals surface area contributed by atoms with E-state index in [9.17, 15) is 0 Å². The predicted octanol–water partition coefficient (Wildman–Crippen LogP) is 3.06.